The van der Waals surface area contributed by atoms with E-state index in [9.17, 15) is 18.0 Å². The lowest BCUT2D eigenvalue weighted by Crippen LogP contribution is -2.23. The maximum Gasteiger partial charge on any atom is 0.573 e. The van der Waals surface area contributed by atoms with Crippen LogP contribution < -0.4 is 16.0 Å². The van der Waals surface area contributed by atoms with Gasteiger partial charge in [0.05, 0.1) is 12.3 Å². The van der Waals surface area contributed by atoms with Crippen molar-refractivity contribution in [3.63, 3.8) is 0 Å². The molecule has 1 heterocycles. The van der Waals surface area contributed by atoms with Crippen LogP contribution in [0.2, 0.25) is 0 Å². The van der Waals surface area contributed by atoms with E-state index in [1.54, 1.807) is 0 Å². The molecule has 0 aliphatic rings. The van der Waals surface area contributed by atoms with Crippen LogP contribution >= 0.6 is 0 Å². The van der Waals surface area contributed by atoms with Crippen molar-refractivity contribution in [1.29, 1.82) is 0 Å². The Bertz CT molecular complexity index is 428. The van der Waals surface area contributed by atoms with Gasteiger partial charge in [0.15, 0.2) is 5.75 Å². The third-order valence-electron chi connectivity index (χ3n) is 1.76. The standard InChI is InChI=1S/C8H9F3N2O3/c9-8(10,11)16-6-1-4(3-14)7(15)13-5(6)2-12/h1,14H,2-3,12H2,(H,13,15). The van der Waals surface area contributed by atoms with Gasteiger partial charge < -0.3 is 20.6 Å². The van der Waals surface area contributed by atoms with Crippen LogP contribution in [0, 0.1) is 0 Å². The Balaban J connectivity index is 3.20. The molecule has 0 atom stereocenters. The number of alkyl halides is 3. The first-order valence-corrected chi connectivity index (χ1v) is 4.19. The first-order valence-electron chi connectivity index (χ1n) is 4.19. The number of rotatable bonds is 3. The molecule has 0 saturated heterocycles. The molecule has 16 heavy (non-hydrogen) atoms. The van der Waals surface area contributed by atoms with E-state index in [-0.39, 0.29) is 17.8 Å². The predicted molar refractivity (Wildman–Crippen MR) is 47.6 cm³/mol. The topological polar surface area (TPSA) is 88.3 Å². The zero-order valence-corrected chi connectivity index (χ0v) is 7.97. The van der Waals surface area contributed by atoms with Crippen molar-refractivity contribution in [2.75, 3.05) is 0 Å². The molecule has 4 N–H and O–H groups in total. The first kappa shape index (κ1) is 12.5. The number of hydrogen-bond acceptors (Lipinski definition) is 4. The zero-order chi connectivity index (χ0) is 12.3. The molecular weight excluding hydrogens is 229 g/mol. The van der Waals surface area contributed by atoms with Gasteiger partial charge in [-0.25, -0.2) is 0 Å². The minimum Gasteiger partial charge on any atom is -0.404 e. The number of ether oxygens (including phenoxy) is 1. The van der Waals surface area contributed by atoms with Gasteiger partial charge in [-0.2, -0.15) is 0 Å². The fraction of sp³-hybridized carbons (Fsp3) is 0.375. The Hall–Kier alpha value is -1.54. The molecule has 5 nitrogen and oxygen atoms in total. The Morgan fingerprint density at radius 3 is 2.56 bits per heavy atom. The third-order valence-corrected chi connectivity index (χ3v) is 1.76. The van der Waals surface area contributed by atoms with E-state index < -0.39 is 24.3 Å². The van der Waals surface area contributed by atoms with E-state index in [1.807, 2.05) is 0 Å². The average Bonchev–Trinajstić information content (AvgIpc) is 2.18. The van der Waals surface area contributed by atoms with Gasteiger partial charge in [0, 0.05) is 12.1 Å². The Kier molecular flexibility index (Phi) is 3.55. The predicted octanol–water partition coefficient (Wildman–Crippen LogP) is 0.225. The van der Waals surface area contributed by atoms with Gasteiger partial charge in [-0.3, -0.25) is 4.79 Å². The van der Waals surface area contributed by atoms with Crippen LogP contribution in [0.4, 0.5) is 13.2 Å². The second kappa shape index (κ2) is 4.54. The van der Waals surface area contributed by atoms with Crippen molar-refractivity contribution in [3.8, 4) is 5.75 Å². The number of aliphatic hydroxyl groups is 1. The quantitative estimate of drug-likeness (QED) is 0.703. The highest BCUT2D eigenvalue weighted by atomic mass is 19.4. The largest absolute Gasteiger partial charge is 0.573 e. The minimum absolute atomic E-state index is 0.181. The van der Waals surface area contributed by atoms with Crippen molar-refractivity contribution < 1.29 is 23.0 Å². The van der Waals surface area contributed by atoms with Crippen LogP contribution in [0.25, 0.3) is 0 Å². The third kappa shape index (κ3) is 2.97. The van der Waals surface area contributed by atoms with Crippen molar-refractivity contribution in [3.05, 3.63) is 27.7 Å². The van der Waals surface area contributed by atoms with Gasteiger partial charge in [-0.15, -0.1) is 13.2 Å². The molecular formula is C8H9F3N2O3. The Morgan fingerprint density at radius 2 is 2.12 bits per heavy atom. The average molecular weight is 238 g/mol. The normalized spacial score (nSPS) is 11.6. The lowest BCUT2D eigenvalue weighted by Gasteiger charge is -2.12. The number of H-pyrrole nitrogens is 1. The van der Waals surface area contributed by atoms with Crippen LogP contribution in [-0.2, 0) is 13.2 Å². The van der Waals surface area contributed by atoms with E-state index >= 15 is 0 Å². The monoisotopic (exact) mass is 238 g/mol. The van der Waals surface area contributed by atoms with Gasteiger partial charge in [0.2, 0.25) is 0 Å². The van der Waals surface area contributed by atoms with Gasteiger partial charge in [-0.1, -0.05) is 0 Å². The highest BCUT2D eigenvalue weighted by Crippen LogP contribution is 2.24. The molecule has 0 radical (unpaired) electrons. The number of halogens is 3. The van der Waals surface area contributed by atoms with E-state index in [0.717, 1.165) is 6.07 Å². The van der Waals surface area contributed by atoms with Gasteiger partial charge in [0.1, 0.15) is 0 Å². The maximum absolute atomic E-state index is 12.0. The number of aliphatic hydroxyl groups excluding tert-OH is 1. The summed E-state index contributed by atoms with van der Waals surface area (Å²) in [6, 6.07) is 0.814. The number of nitrogens with two attached hydrogens (primary N) is 1. The van der Waals surface area contributed by atoms with Crippen LogP contribution in [0.5, 0.6) is 5.75 Å². The van der Waals surface area contributed by atoms with E-state index in [2.05, 4.69) is 9.72 Å². The molecule has 1 aromatic rings. The summed E-state index contributed by atoms with van der Waals surface area (Å²) in [5, 5.41) is 8.72. The summed E-state index contributed by atoms with van der Waals surface area (Å²) in [7, 11) is 0. The van der Waals surface area contributed by atoms with Crippen molar-refractivity contribution >= 4 is 0 Å². The Labute approximate surface area is 87.7 Å². The molecule has 0 amide bonds. The second-order valence-electron chi connectivity index (χ2n) is 2.88. The van der Waals surface area contributed by atoms with Crippen molar-refractivity contribution in [1.82, 2.24) is 4.98 Å². The van der Waals surface area contributed by atoms with Crippen LogP contribution in [-0.4, -0.2) is 16.5 Å². The fourth-order valence-corrected chi connectivity index (χ4v) is 1.07. The highest BCUT2D eigenvalue weighted by Gasteiger charge is 2.32. The molecule has 0 saturated carbocycles. The van der Waals surface area contributed by atoms with Crippen LogP contribution in [0.3, 0.4) is 0 Å². The number of aromatic nitrogens is 1. The van der Waals surface area contributed by atoms with Crippen LogP contribution in [0.1, 0.15) is 11.3 Å². The highest BCUT2D eigenvalue weighted by molar-refractivity contribution is 5.31. The molecule has 1 aromatic heterocycles. The van der Waals surface area contributed by atoms with E-state index in [0.29, 0.717) is 0 Å². The molecule has 0 bridgehead atoms. The van der Waals surface area contributed by atoms with Gasteiger partial charge in [0.25, 0.3) is 5.56 Å². The molecule has 0 unspecified atom stereocenters. The maximum atomic E-state index is 12.0. The summed E-state index contributed by atoms with van der Waals surface area (Å²) in [5.74, 6) is -0.612. The molecule has 0 fully saturated rings. The summed E-state index contributed by atoms with van der Waals surface area (Å²) in [6.45, 7) is -0.999. The van der Waals surface area contributed by atoms with E-state index in [1.165, 1.54) is 0 Å². The van der Waals surface area contributed by atoms with Gasteiger partial charge in [-0.05, 0) is 6.07 Å². The molecule has 0 spiro atoms. The molecule has 8 heteroatoms. The molecule has 0 aliphatic heterocycles. The lowest BCUT2D eigenvalue weighted by molar-refractivity contribution is -0.275. The number of aromatic amines is 1. The molecule has 1 rings (SSSR count). The van der Waals surface area contributed by atoms with Gasteiger partial charge >= 0.3 is 6.36 Å². The smallest absolute Gasteiger partial charge is 0.404 e. The SMILES string of the molecule is NCc1[nH]c(=O)c(CO)cc1OC(F)(F)F. The number of nitrogens with one attached hydrogen (secondary N) is 1. The van der Waals surface area contributed by atoms with Crippen molar-refractivity contribution in [2.24, 2.45) is 5.73 Å². The van der Waals surface area contributed by atoms with Crippen molar-refractivity contribution in [2.45, 2.75) is 19.5 Å². The number of pyridine rings is 1. The minimum atomic E-state index is -4.88. The number of hydrogen-bond donors (Lipinski definition) is 3. The van der Waals surface area contributed by atoms with E-state index in [4.69, 9.17) is 10.8 Å². The molecule has 0 aromatic carbocycles. The zero-order valence-electron chi connectivity index (χ0n) is 7.97. The Morgan fingerprint density at radius 1 is 1.50 bits per heavy atom. The van der Waals surface area contributed by atoms with Crippen LogP contribution in [0.15, 0.2) is 10.9 Å². The summed E-state index contributed by atoms with van der Waals surface area (Å²) in [4.78, 5) is 13.2. The summed E-state index contributed by atoms with van der Waals surface area (Å²) >= 11 is 0. The lowest BCUT2D eigenvalue weighted by atomic mass is 10.2. The second-order valence-corrected chi connectivity index (χ2v) is 2.88. The summed E-state index contributed by atoms with van der Waals surface area (Å²) < 4.78 is 39.6. The molecule has 90 valence electrons. The first-order chi connectivity index (χ1) is 7.37. The summed E-state index contributed by atoms with van der Waals surface area (Å²) in [6.07, 6.45) is -4.88. The fourth-order valence-electron chi connectivity index (χ4n) is 1.07. The summed E-state index contributed by atoms with van der Waals surface area (Å²) in [5.41, 5.74) is 4.05. The molecule has 0 aliphatic carbocycles.